The van der Waals surface area contributed by atoms with Gasteiger partial charge < -0.3 is 14.5 Å². The van der Waals surface area contributed by atoms with E-state index in [-0.39, 0.29) is 0 Å². The van der Waals surface area contributed by atoms with Crippen LogP contribution in [-0.2, 0) is 6.42 Å². The molecule has 0 amide bonds. The normalized spacial score (nSPS) is 23.9. The highest BCUT2D eigenvalue weighted by atomic mass is 16.5. The second-order valence-corrected chi connectivity index (χ2v) is 6.76. The number of rotatable bonds is 4. The van der Waals surface area contributed by atoms with E-state index >= 15 is 0 Å². The Morgan fingerprint density at radius 3 is 3.12 bits per heavy atom. The molecule has 1 aliphatic heterocycles. The average molecular weight is 325 g/mol. The number of β-amino-alcohol motifs (C(OH)–C–C–N with tert-alkyl or cyclic N) is 1. The number of hydrogen-bond donors (Lipinski definition) is 1. The maximum Gasteiger partial charge on any atom is 0.229 e. The Bertz CT molecular complexity index is 779. The topological polar surface area (TPSA) is 99.1 Å². The maximum atomic E-state index is 11.0. The number of hydrogen-bond acceptors (Lipinski definition) is 7. The highest BCUT2D eigenvalue weighted by Crippen LogP contribution is 2.38. The smallest absolute Gasteiger partial charge is 0.229 e. The fourth-order valence-corrected chi connectivity index (χ4v) is 3.28. The van der Waals surface area contributed by atoms with Crippen molar-refractivity contribution in [1.29, 1.82) is 5.26 Å². The molecule has 1 N–H and O–H groups in total. The number of nitrogens with zero attached hydrogens (tertiary/aromatic N) is 5. The zero-order chi connectivity index (χ0) is 16.6. The molecule has 2 aromatic rings. The van der Waals surface area contributed by atoms with E-state index in [0.717, 1.165) is 37.3 Å². The quantitative estimate of drug-likeness (QED) is 0.914. The summed E-state index contributed by atoms with van der Waals surface area (Å²) in [6, 6.07) is 5.67. The number of anilines is 1. The number of aliphatic hydroxyl groups is 1. The van der Waals surface area contributed by atoms with Gasteiger partial charge in [-0.2, -0.15) is 10.2 Å². The van der Waals surface area contributed by atoms with Gasteiger partial charge in [-0.25, -0.2) is 4.98 Å². The minimum atomic E-state index is -0.901. The van der Waals surface area contributed by atoms with E-state index in [1.54, 1.807) is 12.3 Å². The molecule has 1 aliphatic carbocycles. The lowest BCUT2D eigenvalue weighted by atomic mass is 9.89. The first kappa shape index (κ1) is 15.1. The van der Waals surface area contributed by atoms with Crippen LogP contribution in [0.4, 0.5) is 5.69 Å². The fraction of sp³-hybridized carbons (Fsp3) is 0.529. The Labute approximate surface area is 139 Å². The summed E-state index contributed by atoms with van der Waals surface area (Å²) in [5.74, 6) is 1.73. The van der Waals surface area contributed by atoms with Gasteiger partial charge in [-0.3, -0.25) is 0 Å². The van der Waals surface area contributed by atoms with Crippen LogP contribution in [0.5, 0.6) is 0 Å². The van der Waals surface area contributed by atoms with Crippen LogP contribution >= 0.6 is 0 Å². The van der Waals surface area contributed by atoms with Crippen molar-refractivity contribution < 1.29 is 9.63 Å². The molecule has 3 heterocycles. The van der Waals surface area contributed by atoms with Gasteiger partial charge in [-0.15, -0.1) is 0 Å². The summed E-state index contributed by atoms with van der Waals surface area (Å²) in [6.45, 7) is 1.32. The summed E-state index contributed by atoms with van der Waals surface area (Å²) in [5.41, 5.74) is 0.387. The third-order valence-electron chi connectivity index (χ3n) is 4.69. The lowest BCUT2D eigenvalue weighted by Gasteiger charge is -2.39. The van der Waals surface area contributed by atoms with Crippen LogP contribution in [0, 0.1) is 11.3 Å². The Kier molecular flexibility index (Phi) is 3.69. The zero-order valence-corrected chi connectivity index (χ0v) is 13.4. The van der Waals surface area contributed by atoms with E-state index in [2.05, 4.69) is 26.1 Å². The lowest BCUT2D eigenvalue weighted by molar-refractivity contribution is 0.0193. The molecular weight excluding hydrogens is 306 g/mol. The van der Waals surface area contributed by atoms with E-state index in [9.17, 15) is 5.11 Å². The Morgan fingerprint density at radius 1 is 1.46 bits per heavy atom. The van der Waals surface area contributed by atoms with Crippen molar-refractivity contribution in [3.05, 3.63) is 35.7 Å². The summed E-state index contributed by atoms with van der Waals surface area (Å²) >= 11 is 0. The van der Waals surface area contributed by atoms with E-state index in [1.165, 1.54) is 0 Å². The molecule has 2 aromatic heterocycles. The van der Waals surface area contributed by atoms with Crippen LogP contribution < -0.4 is 4.90 Å². The number of piperidine rings is 1. The van der Waals surface area contributed by atoms with Gasteiger partial charge in [0.25, 0.3) is 0 Å². The fourth-order valence-electron chi connectivity index (χ4n) is 3.28. The van der Waals surface area contributed by atoms with Gasteiger partial charge in [0.05, 0.1) is 12.0 Å². The molecule has 7 nitrogen and oxygen atoms in total. The van der Waals surface area contributed by atoms with Gasteiger partial charge in [-0.1, -0.05) is 5.16 Å². The van der Waals surface area contributed by atoms with E-state index in [4.69, 9.17) is 9.78 Å². The third kappa shape index (κ3) is 3.10. The monoisotopic (exact) mass is 325 g/mol. The van der Waals surface area contributed by atoms with Crippen LogP contribution in [-0.4, -0.2) is 38.9 Å². The highest BCUT2D eigenvalue weighted by Gasteiger charge is 2.36. The summed E-state index contributed by atoms with van der Waals surface area (Å²) in [6.07, 6.45) is 5.80. The number of aromatic nitrogens is 3. The number of nitriles is 1. The van der Waals surface area contributed by atoms with Crippen LogP contribution in [0.25, 0.3) is 0 Å². The minimum absolute atomic E-state index is 0.361. The average Bonchev–Trinajstić information content (AvgIpc) is 3.35. The zero-order valence-electron chi connectivity index (χ0n) is 13.4. The van der Waals surface area contributed by atoms with Gasteiger partial charge in [0, 0.05) is 30.9 Å². The van der Waals surface area contributed by atoms with Gasteiger partial charge in [0.2, 0.25) is 5.89 Å². The largest absolute Gasteiger partial charge is 0.388 e. The van der Waals surface area contributed by atoms with Gasteiger partial charge in [0.1, 0.15) is 11.8 Å². The molecule has 2 aliphatic rings. The molecule has 4 rings (SSSR count). The first-order valence-electron chi connectivity index (χ1n) is 8.31. The first-order valence-corrected chi connectivity index (χ1v) is 8.31. The van der Waals surface area contributed by atoms with Crippen molar-refractivity contribution in [2.24, 2.45) is 0 Å². The van der Waals surface area contributed by atoms with Crippen LogP contribution in [0.1, 0.15) is 49.0 Å². The maximum absolute atomic E-state index is 11.0. The second kappa shape index (κ2) is 5.87. The van der Waals surface area contributed by atoms with Gasteiger partial charge in [-0.05, 0) is 37.8 Å². The molecular formula is C17H19N5O2. The third-order valence-corrected chi connectivity index (χ3v) is 4.69. The molecule has 1 saturated carbocycles. The van der Waals surface area contributed by atoms with Crippen molar-refractivity contribution in [3.8, 4) is 6.07 Å². The lowest BCUT2D eigenvalue weighted by Crippen LogP contribution is -2.49. The van der Waals surface area contributed by atoms with Gasteiger partial charge >= 0.3 is 0 Å². The highest BCUT2D eigenvalue weighted by molar-refractivity contribution is 5.49. The van der Waals surface area contributed by atoms with Crippen molar-refractivity contribution in [2.75, 3.05) is 18.0 Å². The molecule has 2 fully saturated rings. The molecule has 0 bridgehead atoms. The second-order valence-electron chi connectivity index (χ2n) is 6.76. The first-order chi connectivity index (χ1) is 11.6. The Balaban J connectivity index is 1.48. The van der Waals surface area contributed by atoms with Crippen molar-refractivity contribution in [1.82, 2.24) is 15.1 Å². The van der Waals surface area contributed by atoms with Crippen molar-refractivity contribution >= 4 is 5.69 Å². The standard InChI is InChI=1S/C17H19N5O2/c18-10-13-8-14(4-6-19-13)22-7-1-5-17(23,11-22)9-15-20-16(21-24-15)12-2-3-12/h4,6,8,12,23H,1-3,5,7,9,11H2. The van der Waals surface area contributed by atoms with Crippen LogP contribution in [0.15, 0.2) is 22.9 Å². The predicted octanol–water partition coefficient (Wildman–Crippen LogP) is 1.79. The van der Waals surface area contributed by atoms with E-state index in [1.807, 2.05) is 6.07 Å². The molecule has 7 heteroatoms. The van der Waals surface area contributed by atoms with Crippen LogP contribution in [0.2, 0.25) is 0 Å². The van der Waals surface area contributed by atoms with Crippen molar-refractivity contribution in [2.45, 2.75) is 43.6 Å². The Morgan fingerprint density at radius 2 is 2.33 bits per heavy atom. The summed E-state index contributed by atoms with van der Waals surface area (Å²) in [5, 5.41) is 24.0. The minimum Gasteiger partial charge on any atom is -0.388 e. The van der Waals surface area contributed by atoms with E-state index in [0.29, 0.717) is 36.9 Å². The molecule has 0 radical (unpaired) electrons. The summed E-state index contributed by atoms with van der Waals surface area (Å²) < 4.78 is 5.32. The van der Waals surface area contributed by atoms with E-state index < -0.39 is 5.60 Å². The van der Waals surface area contributed by atoms with Gasteiger partial charge in [0.15, 0.2) is 5.82 Å². The predicted molar refractivity (Wildman–Crippen MR) is 85.3 cm³/mol. The number of pyridine rings is 1. The molecule has 24 heavy (non-hydrogen) atoms. The summed E-state index contributed by atoms with van der Waals surface area (Å²) in [7, 11) is 0. The SMILES string of the molecule is N#Cc1cc(N2CCCC(O)(Cc3nc(C4CC4)no3)C2)ccn1. The molecule has 1 atom stereocenters. The molecule has 0 aromatic carbocycles. The van der Waals surface area contributed by atoms with Crippen LogP contribution in [0.3, 0.4) is 0 Å². The van der Waals surface area contributed by atoms with Crippen molar-refractivity contribution in [3.63, 3.8) is 0 Å². The molecule has 0 spiro atoms. The molecule has 1 unspecified atom stereocenters. The Hall–Kier alpha value is -2.46. The molecule has 124 valence electrons. The summed E-state index contributed by atoms with van der Waals surface area (Å²) in [4.78, 5) is 10.5. The molecule has 1 saturated heterocycles.